The molecule has 7 nitrogen and oxygen atoms in total. The van der Waals surface area contributed by atoms with Gasteiger partial charge in [0.05, 0.1) is 25.9 Å². The number of carbonyl (C=O) groups excluding carboxylic acids is 1. The molecule has 102 valence electrons. The number of anilines is 1. The molecule has 7 heteroatoms. The number of rotatable bonds is 3. The molecule has 1 aromatic heterocycles. The van der Waals surface area contributed by atoms with Gasteiger partial charge in [0.15, 0.2) is 0 Å². The quantitative estimate of drug-likeness (QED) is 0.732. The molecule has 1 fully saturated rings. The van der Waals surface area contributed by atoms with Crippen LogP contribution in [0.15, 0.2) is 0 Å². The highest BCUT2D eigenvalue weighted by Crippen LogP contribution is 2.30. The lowest BCUT2D eigenvalue weighted by atomic mass is 10.2. The highest BCUT2D eigenvalue weighted by atomic mass is 16.5. The summed E-state index contributed by atoms with van der Waals surface area (Å²) < 4.78 is 5.17. The zero-order valence-electron chi connectivity index (χ0n) is 10.9. The van der Waals surface area contributed by atoms with E-state index in [9.17, 15) is 4.79 Å². The lowest BCUT2D eigenvalue weighted by molar-refractivity contribution is -0.118. The van der Waals surface area contributed by atoms with E-state index in [1.165, 1.54) is 0 Å². The van der Waals surface area contributed by atoms with Crippen LogP contribution >= 0.6 is 0 Å². The van der Waals surface area contributed by atoms with Gasteiger partial charge in [0.1, 0.15) is 5.82 Å². The van der Waals surface area contributed by atoms with Gasteiger partial charge in [-0.15, -0.1) is 0 Å². The third kappa shape index (κ3) is 2.21. The predicted octanol–water partition coefficient (Wildman–Crippen LogP) is -0.633. The van der Waals surface area contributed by atoms with Crippen molar-refractivity contribution in [3.05, 3.63) is 11.3 Å². The van der Waals surface area contributed by atoms with Gasteiger partial charge in [0.2, 0.25) is 6.41 Å². The minimum atomic E-state index is 0.375. The molecule has 0 spiro atoms. The average molecular weight is 263 g/mol. The molecule has 0 atom stereocenters. The second-order valence-electron chi connectivity index (χ2n) is 4.71. The molecule has 3 rings (SSSR count). The van der Waals surface area contributed by atoms with Gasteiger partial charge >= 0.3 is 6.01 Å². The standard InChI is InChI=1S/C12H17N5O2/c1-19-12-14-10-7-16(8-18)6-9(10)11(15-12)17-4-2-13-3-5-17/h8,13H,2-7H2,1H3. The second-order valence-corrected chi connectivity index (χ2v) is 4.71. The summed E-state index contributed by atoms with van der Waals surface area (Å²) >= 11 is 0. The number of fused-ring (bicyclic) bond motifs is 1. The van der Waals surface area contributed by atoms with Crippen LogP contribution in [0.5, 0.6) is 6.01 Å². The Kier molecular flexibility index (Phi) is 3.20. The maximum Gasteiger partial charge on any atom is 0.318 e. The van der Waals surface area contributed by atoms with E-state index in [-0.39, 0.29) is 0 Å². The predicted molar refractivity (Wildman–Crippen MR) is 69.0 cm³/mol. The normalized spacial score (nSPS) is 18.4. The molecule has 1 saturated heterocycles. The fourth-order valence-corrected chi connectivity index (χ4v) is 2.54. The highest BCUT2D eigenvalue weighted by Gasteiger charge is 2.27. The van der Waals surface area contributed by atoms with Crippen LogP contribution in [0.25, 0.3) is 0 Å². The number of carbonyl (C=O) groups is 1. The summed E-state index contributed by atoms with van der Waals surface area (Å²) in [5, 5.41) is 3.32. The summed E-state index contributed by atoms with van der Waals surface area (Å²) in [5.74, 6) is 0.910. The molecule has 0 radical (unpaired) electrons. The van der Waals surface area contributed by atoms with Crippen molar-refractivity contribution in [1.29, 1.82) is 0 Å². The van der Waals surface area contributed by atoms with Crippen LogP contribution in [0.2, 0.25) is 0 Å². The Bertz CT molecular complexity index is 487. The molecule has 0 aromatic carbocycles. The van der Waals surface area contributed by atoms with Gasteiger partial charge < -0.3 is 19.9 Å². The zero-order valence-corrected chi connectivity index (χ0v) is 10.9. The van der Waals surface area contributed by atoms with Crippen molar-refractivity contribution in [3.63, 3.8) is 0 Å². The highest BCUT2D eigenvalue weighted by molar-refractivity contribution is 5.57. The van der Waals surface area contributed by atoms with E-state index in [0.29, 0.717) is 19.1 Å². The number of nitrogens with one attached hydrogen (secondary N) is 1. The monoisotopic (exact) mass is 263 g/mol. The van der Waals surface area contributed by atoms with E-state index in [4.69, 9.17) is 4.74 Å². The van der Waals surface area contributed by atoms with Gasteiger partial charge in [-0.2, -0.15) is 9.97 Å². The van der Waals surface area contributed by atoms with E-state index in [1.54, 1.807) is 12.0 Å². The number of methoxy groups -OCH3 is 1. The van der Waals surface area contributed by atoms with Crippen molar-refractivity contribution >= 4 is 12.2 Å². The molecule has 1 aromatic rings. The average Bonchev–Trinajstić information content (AvgIpc) is 2.90. The Balaban J connectivity index is 1.98. The topological polar surface area (TPSA) is 70.6 Å². The molecule has 19 heavy (non-hydrogen) atoms. The van der Waals surface area contributed by atoms with Gasteiger partial charge in [-0.25, -0.2) is 0 Å². The minimum Gasteiger partial charge on any atom is -0.467 e. The molecular formula is C12H17N5O2. The first kappa shape index (κ1) is 12.2. The van der Waals surface area contributed by atoms with Crippen molar-refractivity contribution in [2.75, 3.05) is 38.2 Å². The third-order valence-electron chi connectivity index (χ3n) is 3.51. The largest absolute Gasteiger partial charge is 0.467 e. The molecule has 1 N–H and O–H groups in total. The number of piperazine rings is 1. The Morgan fingerprint density at radius 3 is 2.74 bits per heavy atom. The molecule has 0 unspecified atom stereocenters. The minimum absolute atomic E-state index is 0.375. The lowest BCUT2D eigenvalue weighted by Gasteiger charge is -2.29. The van der Waals surface area contributed by atoms with Gasteiger partial charge in [-0.1, -0.05) is 0 Å². The first-order valence-electron chi connectivity index (χ1n) is 6.40. The van der Waals surface area contributed by atoms with Gasteiger partial charge in [0.25, 0.3) is 0 Å². The van der Waals surface area contributed by atoms with E-state index in [0.717, 1.165) is 49.7 Å². The number of ether oxygens (including phenoxy) is 1. The number of hydrogen-bond donors (Lipinski definition) is 1. The molecule has 2 aliphatic rings. The molecule has 0 aliphatic carbocycles. The summed E-state index contributed by atoms with van der Waals surface area (Å²) in [4.78, 5) is 23.7. The van der Waals surface area contributed by atoms with E-state index in [1.807, 2.05) is 0 Å². The van der Waals surface area contributed by atoms with Crippen LogP contribution in [0, 0.1) is 0 Å². The van der Waals surface area contributed by atoms with Crippen molar-refractivity contribution in [2.24, 2.45) is 0 Å². The van der Waals surface area contributed by atoms with Crippen LogP contribution in [0.4, 0.5) is 5.82 Å². The van der Waals surface area contributed by atoms with Gasteiger partial charge in [-0.3, -0.25) is 4.79 Å². The number of amides is 1. The number of aromatic nitrogens is 2. The Morgan fingerprint density at radius 2 is 2.05 bits per heavy atom. The van der Waals surface area contributed by atoms with E-state index < -0.39 is 0 Å². The molecule has 0 saturated carbocycles. The van der Waals surface area contributed by atoms with Crippen LogP contribution in [0.1, 0.15) is 11.3 Å². The number of hydrogen-bond acceptors (Lipinski definition) is 6. The molecule has 2 aliphatic heterocycles. The summed E-state index contributed by atoms with van der Waals surface area (Å²) in [6, 6.07) is 0.375. The summed E-state index contributed by atoms with van der Waals surface area (Å²) in [6.07, 6.45) is 0.857. The Labute approximate surface area is 111 Å². The van der Waals surface area contributed by atoms with Crippen LogP contribution in [-0.4, -0.2) is 54.6 Å². The van der Waals surface area contributed by atoms with Crippen molar-refractivity contribution in [3.8, 4) is 6.01 Å². The summed E-state index contributed by atoms with van der Waals surface area (Å²) in [5.41, 5.74) is 1.95. The van der Waals surface area contributed by atoms with E-state index in [2.05, 4.69) is 20.2 Å². The SMILES string of the molecule is COc1nc2c(c(N3CCNCC3)n1)CN(C=O)C2. The molecule has 0 bridgehead atoms. The fraction of sp³-hybridized carbons (Fsp3) is 0.583. The summed E-state index contributed by atoms with van der Waals surface area (Å²) in [7, 11) is 1.57. The zero-order chi connectivity index (χ0) is 13.2. The second kappa shape index (κ2) is 5.00. The Morgan fingerprint density at radius 1 is 1.26 bits per heavy atom. The molecule has 3 heterocycles. The molecule has 1 amide bonds. The summed E-state index contributed by atoms with van der Waals surface area (Å²) in [6.45, 7) is 4.83. The van der Waals surface area contributed by atoms with Crippen LogP contribution in [-0.2, 0) is 17.9 Å². The first-order valence-corrected chi connectivity index (χ1v) is 6.40. The fourth-order valence-electron chi connectivity index (χ4n) is 2.54. The number of nitrogens with zero attached hydrogens (tertiary/aromatic N) is 4. The van der Waals surface area contributed by atoms with Crippen molar-refractivity contribution in [1.82, 2.24) is 20.2 Å². The van der Waals surface area contributed by atoms with E-state index >= 15 is 0 Å². The van der Waals surface area contributed by atoms with Crippen LogP contribution in [0.3, 0.4) is 0 Å². The maximum atomic E-state index is 10.9. The van der Waals surface area contributed by atoms with Gasteiger partial charge in [0, 0.05) is 31.7 Å². The van der Waals surface area contributed by atoms with Crippen molar-refractivity contribution < 1.29 is 9.53 Å². The smallest absolute Gasteiger partial charge is 0.318 e. The maximum absolute atomic E-state index is 10.9. The lowest BCUT2D eigenvalue weighted by Crippen LogP contribution is -2.44. The van der Waals surface area contributed by atoms with Crippen LogP contribution < -0.4 is 15.0 Å². The molecular weight excluding hydrogens is 246 g/mol. The van der Waals surface area contributed by atoms with Gasteiger partial charge in [-0.05, 0) is 0 Å². The first-order chi connectivity index (χ1) is 9.31. The van der Waals surface area contributed by atoms with Crippen molar-refractivity contribution in [2.45, 2.75) is 13.1 Å². The Hall–Kier alpha value is -1.89. The third-order valence-corrected chi connectivity index (χ3v) is 3.51.